The topological polar surface area (TPSA) is 77.4 Å². The minimum atomic E-state index is -1.12. The first-order chi connectivity index (χ1) is 17.1. The summed E-state index contributed by atoms with van der Waals surface area (Å²) >= 11 is 0. The van der Waals surface area contributed by atoms with Crippen LogP contribution in [0, 0.1) is 0 Å². The first-order valence-electron chi connectivity index (χ1n) is 11.6. The van der Waals surface area contributed by atoms with Gasteiger partial charge in [0, 0.05) is 0 Å². The fraction of sp³-hybridized carbons (Fsp3) is 0.310. The molecule has 3 rings (SSSR count). The largest absolute Gasteiger partial charge is 0.497 e. The maximum Gasteiger partial charge on any atom is 0.118 e. The van der Waals surface area contributed by atoms with Crippen LogP contribution in [-0.4, -0.2) is 48.3 Å². The fourth-order valence-electron chi connectivity index (χ4n) is 3.63. The summed E-state index contributed by atoms with van der Waals surface area (Å²) in [4.78, 5) is 0. The quantitative estimate of drug-likeness (QED) is 0.317. The molecule has 186 valence electrons. The molecule has 0 fully saturated rings. The average molecular weight is 479 g/mol. The van der Waals surface area contributed by atoms with Gasteiger partial charge in [0.05, 0.1) is 33.5 Å². The first kappa shape index (κ1) is 26.6. The van der Waals surface area contributed by atoms with Crippen molar-refractivity contribution < 1.29 is 29.2 Å². The summed E-state index contributed by atoms with van der Waals surface area (Å²) in [6, 6.07) is 26.8. The Morgan fingerprint density at radius 3 is 1.77 bits per heavy atom. The Morgan fingerprint density at radius 2 is 1.26 bits per heavy atom. The number of ether oxygens (including phenoxy) is 4. The highest BCUT2D eigenvalue weighted by atomic mass is 16.6. The van der Waals surface area contributed by atoms with E-state index in [4.69, 9.17) is 18.9 Å². The van der Waals surface area contributed by atoms with E-state index in [1.165, 1.54) is 0 Å². The summed E-state index contributed by atoms with van der Waals surface area (Å²) in [5, 5.41) is 21.4. The molecule has 0 amide bonds. The Bertz CT molecular complexity index is 977. The molecule has 6 heteroatoms. The molecule has 0 radical (unpaired) electrons. The van der Waals surface area contributed by atoms with Crippen LogP contribution in [0.25, 0.3) is 0 Å². The summed E-state index contributed by atoms with van der Waals surface area (Å²) in [5.41, 5.74) is 2.82. The maximum absolute atomic E-state index is 11.3. The summed E-state index contributed by atoms with van der Waals surface area (Å²) < 4.78 is 23.3. The molecule has 0 bridgehead atoms. The van der Waals surface area contributed by atoms with Gasteiger partial charge >= 0.3 is 0 Å². The van der Waals surface area contributed by atoms with Crippen molar-refractivity contribution >= 4 is 0 Å². The Kier molecular flexibility index (Phi) is 11.0. The van der Waals surface area contributed by atoms with Gasteiger partial charge in [-0.1, -0.05) is 78.9 Å². The third-order valence-electron chi connectivity index (χ3n) is 5.65. The van der Waals surface area contributed by atoms with E-state index in [1.807, 2.05) is 84.9 Å². The smallest absolute Gasteiger partial charge is 0.118 e. The van der Waals surface area contributed by atoms with Gasteiger partial charge in [0.15, 0.2) is 0 Å². The number of hydrogen-bond donors (Lipinski definition) is 2. The highest BCUT2D eigenvalue weighted by Crippen LogP contribution is 2.20. The first-order valence-corrected chi connectivity index (χ1v) is 11.6. The fourth-order valence-corrected chi connectivity index (χ4v) is 3.63. The highest BCUT2D eigenvalue weighted by molar-refractivity contribution is 5.26. The minimum absolute atomic E-state index is 0.233. The molecule has 3 aromatic rings. The zero-order chi connectivity index (χ0) is 24.9. The number of aliphatic hydroxyl groups is 2. The standard InChI is InChI=1S/C29H34O6/c1-3-26(33-19-22-10-6-4-7-11-22)28(31)29(35-21-23-12-8-5-9-13-23)27(18-30)34-20-24-14-16-25(32-2)17-15-24/h3-17,26-31H,1,18-21H2,2H3/t26?,27?,28-,29-/m1/s1. The lowest BCUT2D eigenvalue weighted by Gasteiger charge is -2.33. The van der Waals surface area contributed by atoms with E-state index < -0.39 is 24.4 Å². The Labute approximate surface area is 207 Å². The predicted molar refractivity (Wildman–Crippen MR) is 135 cm³/mol. The van der Waals surface area contributed by atoms with E-state index >= 15 is 0 Å². The molecule has 0 saturated heterocycles. The second-order valence-corrected chi connectivity index (χ2v) is 8.13. The van der Waals surface area contributed by atoms with Crippen LogP contribution >= 0.6 is 0 Å². The van der Waals surface area contributed by atoms with E-state index in [1.54, 1.807) is 13.2 Å². The summed E-state index contributed by atoms with van der Waals surface area (Å²) in [5.74, 6) is 0.747. The lowest BCUT2D eigenvalue weighted by molar-refractivity contribution is -0.169. The van der Waals surface area contributed by atoms with Crippen molar-refractivity contribution in [2.75, 3.05) is 13.7 Å². The minimum Gasteiger partial charge on any atom is -0.497 e. The van der Waals surface area contributed by atoms with E-state index in [0.717, 1.165) is 22.4 Å². The van der Waals surface area contributed by atoms with E-state index in [-0.39, 0.29) is 19.8 Å². The van der Waals surface area contributed by atoms with Crippen molar-refractivity contribution in [1.82, 2.24) is 0 Å². The zero-order valence-electron chi connectivity index (χ0n) is 20.0. The molecule has 0 heterocycles. The maximum atomic E-state index is 11.3. The van der Waals surface area contributed by atoms with Crippen LogP contribution in [0.4, 0.5) is 0 Å². The molecule has 6 nitrogen and oxygen atoms in total. The van der Waals surface area contributed by atoms with Gasteiger partial charge in [-0.2, -0.15) is 0 Å². The van der Waals surface area contributed by atoms with Crippen LogP contribution in [0.1, 0.15) is 16.7 Å². The third-order valence-corrected chi connectivity index (χ3v) is 5.65. The Balaban J connectivity index is 1.71. The van der Waals surface area contributed by atoms with E-state index in [0.29, 0.717) is 6.61 Å². The SMILES string of the molecule is C=CC(OCc1ccccc1)[C@@H](O)[C@H](OCc1ccccc1)C(CO)OCc1ccc(OC)cc1. The van der Waals surface area contributed by atoms with Crippen molar-refractivity contribution in [2.24, 2.45) is 0 Å². The molecule has 35 heavy (non-hydrogen) atoms. The molecule has 0 saturated carbocycles. The number of methoxy groups -OCH3 is 1. The van der Waals surface area contributed by atoms with Crippen molar-refractivity contribution in [1.29, 1.82) is 0 Å². The average Bonchev–Trinajstić information content (AvgIpc) is 2.92. The van der Waals surface area contributed by atoms with Crippen LogP contribution in [0.2, 0.25) is 0 Å². The number of rotatable bonds is 15. The molecular formula is C29H34O6. The van der Waals surface area contributed by atoms with Gasteiger partial charge in [-0.3, -0.25) is 0 Å². The molecule has 0 aromatic heterocycles. The number of hydrogen-bond acceptors (Lipinski definition) is 6. The van der Waals surface area contributed by atoms with Gasteiger partial charge in [0.25, 0.3) is 0 Å². The van der Waals surface area contributed by atoms with Gasteiger partial charge in [-0.05, 0) is 28.8 Å². The Hall–Kier alpha value is -3.00. The normalized spacial score (nSPS) is 14.6. The summed E-state index contributed by atoms with van der Waals surface area (Å²) in [6.45, 7) is 4.27. The molecule has 0 aliphatic rings. The predicted octanol–water partition coefficient (Wildman–Crippen LogP) is 4.29. The molecule has 0 spiro atoms. The summed E-state index contributed by atoms with van der Waals surface area (Å²) in [7, 11) is 1.61. The van der Waals surface area contributed by atoms with Crippen LogP contribution in [0.5, 0.6) is 5.75 Å². The lowest BCUT2D eigenvalue weighted by atomic mass is 10.0. The van der Waals surface area contributed by atoms with Crippen LogP contribution < -0.4 is 4.74 Å². The summed E-state index contributed by atoms with van der Waals surface area (Å²) in [6.07, 6.45) is -1.96. The highest BCUT2D eigenvalue weighted by Gasteiger charge is 2.34. The van der Waals surface area contributed by atoms with Crippen molar-refractivity contribution in [3.05, 3.63) is 114 Å². The van der Waals surface area contributed by atoms with Crippen molar-refractivity contribution in [2.45, 2.75) is 44.2 Å². The lowest BCUT2D eigenvalue weighted by Crippen LogP contribution is -2.48. The third kappa shape index (κ3) is 8.31. The molecule has 0 aliphatic carbocycles. The van der Waals surface area contributed by atoms with Gasteiger partial charge < -0.3 is 29.2 Å². The Morgan fingerprint density at radius 1 is 0.743 bits per heavy atom. The molecule has 0 aliphatic heterocycles. The molecule has 2 N–H and O–H groups in total. The van der Waals surface area contributed by atoms with Crippen molar-refractivity contribution in [3.63, 3.8) is 0 Å². The second-order valence-electron chi connectivity index (χ2n) is 8.13. The van der Waals surface area contributed by atoms with Gasteiger partial charge in [0.1, 0.15) is 30.2 Å². The zero-order valence-corrected chi connectivity index (χ0v) is 20.0. The van der Waals surface area contributed by atoms with Gasteiger partial charge in [-0.25, -0.2) is 0 Å². The second kappa shape index (κ2) is 14.4. The van der Waals surface area contributed by atoms with Gasteiger partial charge in [0.2, 0.25) is 0 Å². The molecule has 2 unspecified atom stereocenters. The van der Waals surface area contributed by atoms with Gasteiger partial charge in [-0.15, -0.1) is 6.58 Å². The molecule has 3 aromatic carbocycles. The van der Waals surface area contributed by atoms with Crippen LogP contribution in [0.3, 0.4) is 0 Å². The van der Waals surface area contributed by atoms with Crippen LogP contribution in [0.15, 0.2) is 97.6 Å². The van der Waals surface area contributed by atoms with E-state index in [9.17, 15) is 10.2 Å². The monoisotopic (exact) mass is 478 g/mol. The molecular weight excluding hydrogens is 444 g/mol. The number of aliphatic hydroxyl groups excluding tert-OH is 2. The van der Waals surface area contributed by atoms with E-state index in [2.05, 4.69) is 6.58 Å². The van der Waals surface area contributed by atoms with Crippen molar-refractivity contribution in [3.8, 4) is 5.75 Å². The van der Waals surface area contributed by atoms with Crippen LogP contribution in [-0.2, 0) is 34.0 Å². The molecule has 4 atom stereocenters. The number of benzene rings is 3.